The maximum absolute atomic E-state index is 2.38. The maximum atomic E-state index is 2.38. The van der Waals surface area contributed by atoms with Crippen molar-refractivity contribution in [2.75, 3.05) is 0 Å². The van der Waals surface area contributed by atoms with Gasteiger partial charge in [-0.25, -0.2) is 0 Å². The third-order valence-corrected chi connectivity index (χ3v) is 5.74. The third kappa shape index (κ3) is 1.62. The first kappa shape index (κ1) is 13.2. The molecule has 4 aromatic carbocycles. The molecule has 0 spiro atoms. The lowest BCUT2D eigenvalue weighted by Crippen LogP contribution is -2.26. The van der Waals surface area contributed by atoms with Crippen molar-refractivity contribution >= 4 is 44.3 Å². The van der Waals surface area contributed by atoms with Crippen molar-refractivity contribution in [3.05, 3.63) is 93.7 Å². The highest BCUT2D eigenvalue weighted by atomic mass is 14.2. The molecule has 0 aliphatic heterocycles. The van der Waals surface area contributed by atoms with Gasteiger partial charge in [-0.3, -0.25) is 0 Å². The van der Waals surface area contributed by atoms with Gasteiger partial charge in [0.2, 0.25) is 0 Å². The Bertz CT molecular complexity index is 1480. The summed E-state index contributed by atoms with van der Waals surface area (Å²) in [5.41, 5.74) is 4.23. The van der Waals surface area contributed by atoms with E-state index in [9.17, 15) is 0 Å². The molecule has 2 aliphatic rings. The molecule has 0 radical (unpaired) electrons. The van der Waals surface area contributed by atoms with E-state index < -0.39 is 0 Å². The summed E-state index contributed by atoms with van der Waals surface area (Å²) in [6, 6.07) is 26.6. The van der Waals surface area contributed by atoms with Gasteiger partial charge in [-0.15, -0.1) is 0 Å². The first-order valence-electron chi connectivity index (χ1n) is 8.80. The summed E-state index contributed by atoms with van der Waals surface area (Å²) in [6.07, 6.45) is 2.38. The van der Waals surface area contributed by atoms with Gasteiger partial charge >= 0.3 is 0 Å². The van der Waals surface area contributed by atoms with E-state index >= 15 is 0 Å². The molecule has 4 aromatic rings. The molecular weight excluding hydrogens is 300 g/mol. The van der Waals surface area contributed by atoms with E-state index in [-0.39, 0.29) is 0 Å². The van der Waals surface area contributed by atoms with Gasteiger partial charge in [-0.1, -0.05) is 60.7 Å². The largest absolute Gasteiger partial charge is 0.0616 e. The standard InChI is InChI=1S/C25H16/c1-15-21-12-17-7-2-3-8-18(17)13-22(21)23-14-19-11-10-16-6-4-5-9-20(16)25(19)24(15)23/h2-14H,1H3. The molecular formula is C25H16. The molecule has 0 atom stereocenters. The molecule has 0 heteroatoms. The van der Waals surface area contributed by atoms with Gasteiger partial charge in [0.25, 0.3) is 0 Å². The molecule has 0 N–H and O–H groups in total. The third-order valence-electron chi connectivity index (χ3n) is 5.74. The molecule has 0 aromatic heterocycles. The van der Waals surface area contributed by atoms with Gasteiger partial charge in [0.1, 0.15) is 0 Å². The Hall–Kier alpha value is -3.12. The van der Waals surface area contributed by atoms with E-state index in [2.05, 4.69) is 85.8 Å². The summed E-state index contributed by atoms with van der Waals surface area (Å²) in [7, 11) is 0. The van der Waals surface area contributed by atoms with Crippen LogP contribution in [0, 0.1) is 0 Å². The Morgan fingerprint density at radius 2 is 1.32 bits per heavy atom. The second-order valence-corrected chi connectivity index (χ2v) is 7.05. The van der Waals surface area contributed by atoms with E-state index in [1.165, 1.54) is 59.1 Å². The van der Waals surface area contributed by atoms with Crippen molar-refractivity contribution in [3.8, 4) is 0 Å². The van der Waals surface area contributed by atoms with Crippen molar-refractivity contribution in [1.29, 1.82) is 0 Å². The van der Waals surface area contributed by atoms with E-state index in [1.54, 1.807) is 0 Å². The maximum Gasteiger partial charge on any atom is -0.00235 e. The lowest BCUT2D eigenvalue weighted by molar-refractivity contribution is 1.54. The van der Waals surface area contributed by atoms with Crippen LogP contribution in [0.5, 0.6) is 0 Å². The molecule has 6 rings (SSSR count). The number of fused-ring (bicyclic) bond motifs is 6. The molecule has 0 bridgehead atoms. The van der Waals surface area contributed by atoms with E-state index in [1.807, 2.05) is 0 Å². The molecule has 0 unspecified atom stereocenters. The van der Waals surface area contributed by atoms with Crippen molar-refractivity contribution in [2.24, 2.45) is 0 Å². The number of hydrogen-bond acceptors (Lipinski definition) is 0. The zero-order valence-electron chi connectivity index (χ0n) is 14.0. The molecule has 0 fully saturated rings. The normalized spacial score (nSPS) is 14.7. The first-order chi connectivity index (χ1) is 12.3. The Labute approximate surface area is 145 Å². The fourth-order valence-corrected chi connectivity index (χ4v) is 4.56. The van der Waals surface area contributed by atoms with Crippen LogP contribution in [0.1, 0.15) is 6.92 Å². The summed E-state index contributed by atoms with van der Waals surface area (Å²) in [5.74, 6) is 0. The lowest BCUT2D eigenvalue weighted by Gasteiger charge is -2.03. The molecule has 0 heterocycles. The van der Waals surface area contributed by atoms with Crippen molar-refractivity contribution in [2.45, 2.75) is 6.92 Å². The lowest BCUT2D eigenvalue weighted by atomic mass is 10.0. The van der Waals surface area contributed by atoms with Crippen molar-refractivity contribution < 1.29 is 0 Å². The quantitative estimate of drug-likeness (QED) is 0.468. The molecule has 0 nitrogen and oxygen atoms in total. The van der Waals surface area contributed by atoms with Gasteiger partial charge in [0.15, 0.2) is 0 Å². The Morgan fingerprint density at radius 1 is 0.640 bits per heavy atom. The highest BCUT2D eigenvalue weighted by Crippen LogP contribution is 2.28. The summed E-state index contributed by atoms with van der Waals surface area (Å²) in [4.78, 5) is 0. The van der Waals surface area contributed by atoms with Crippen LogP contribution in [0.15, 0.2) is 72.8 Å². The Balaban J connectivity index is 1.91. The summed E-state index contributed by atoms with van der Waals surface area (Å²) >= 11 is 0. The summed E-state index contributed by atoms with van der Waals surface area (Å²) in [5, 5.41) is 10.8. The van der Waals surface area contributed by atoms with Crippen LogP contribution >= 0.6 is 0 Å². The summed E-state index contributed by atoms with van der Waals surface area (Å²) in [6.45, 7) is 2.28. The fourth-order valence-electron chi connectivity index (χ4n) is 4.56. The number of benzene rings is 4. The Morgan fingerprint density at radius 3 is 2.12 bits per heavy atom. The minimum absolute atomic E-state index is 1.32. The second-order valence-electron chi connectivity index (χ2n) is 7.05. The molecule has 25 heavy (non-hydrogen) atoms. The van der Waals surface area contributed by atoms with Crippen LogP contribution in [0.3, 0.4) is 0 Å². The first-order valence-corrected chi connectivity index (χ1v) is 8.80. The van der Waals surface area contributed by atoms with E-state index in [0.717, 1.165) is 0 Å². The van der Waals surface area contributed by atoms with E-state index in [4.69, 9.17) is 0 Å². The van der Waals surface area contributed by atoms with E-state index in [0.29, 0.717) is 0 Å². The van der Waals surface area contributed by atoms with Crippen LogP contribution in [0.2, 0.25) is 0 Å². The van der Waals surface area contributed by atoms with Crippen LogP contribution in [0.4, 0.5) is 0 Å². The molecule has 116 valence electrons. The van der Waals surface area contributed by atoms with Gasteiger partial charge in [-0.05, 0) is 84.3 Å². The number of rotatable bonds is 0. The van der Waals surface area contributed by atoms with Crippen molar-refractivity contribution in [3.63, 3.8) is 0 Å². The molecule has 2 aliphatic carbocycles. The molecule has 0 amide bonds. The monoisotopic (exact) mass is 316 g/mol. The topological polar surface area (TPSA) is 0 Å². The smallest absolute Gasteiger partial charge is 0.00235 e. The average Bonchev–Trinajstić information content (AvgIpc) is 3.16. The van der Waals surface area contributed by atoms with Gasteiger partial charge in [0, 0.05) is 0 Å². The number of hydrogen-bond donors (Lipinski definition) is 0. The van der Waals surface area contributed by atoms with Crippen LogP contribution in [-0.2, 0) is 0 Å². The zero-order valence-corrected chi connectivity index (χ0v) is 14.0. The van der Waals surface area contributed by atoms with Crippen LogP contribution < -0.4 is 20.9 Å². The average molecular weight is 316 g/mol. The van der Waals surface area contributed by atoms with Crippen molar-refractivity contribution in [1.82, 2.24) is 0 Å². The fraction of sp³-hybridized carbons (Fsp3) is 0.0400. The summed E-state index contributed by atoms with van der Waals surface area (Å²) < 4.78 is 0. The molecule has 0 saturated carbocycles. The minimum atomic E-state index is 1.32. The van der Waals surface area contributed by atoms with Gasteiger partial charge in [0.05, 0.1) is 0 Å². The predicted octanol–water partition coefficient (Wildman–Crippen LogP) is 2.97. The minimum Gasteiger partial charge on any atom is -0.0616 e. The zero-order chi connectivity index (χ0) is 16.5. The SMILES string of the molecule is CC1=c2cc3ccccc3cc2=C2C=c3ccc4ccccc4c3=C12. The van der Waals surface area contributed by atoms with Crippen LogP contribution in [0.25, 0.3) is 44.3 Å². The van der Waals surface area contributed by atoms with Crippen LogP contribution in [-0.4, -0.2) is 0 Å². The second kappa shape index (κ2) is 4.49. The predicted molar refractivity (Wildman–Crippen MR) is 107 cm³/mol. The highest BCUT2D eigenvalue weighted by Gasteiger charge is 2.21. The Kier molecular flexibility index (Phi) is 2.37. The van der Waals surface area contributed by atoms with Gasteiger partial charge in [-0.2, -0.15) is 0 Å². The van der Waals surface area contributed by atoms with Gasteiger partial charge < -0.3 is 0 Å². The highest BCUT2D eigenvalue weighted by molar-refractivity contribution is 6.24. The molecule has 0 saturated heterocycles.